The minimum absolute atomic E-state index is 0.0889. The normalized spacial score (nSPS) is 28.1. The minimum Gasteiger partial charge on any atom is -0.492 e. The van der Waals surface area contributed by atoms with Crippen molar-refractivity contribution >= 4 is 11.6 Å². The third-order valence-electron chi connectivity index (χ3n) is 4.06. The van der Waals surface area contributed by atoms with Gasteiger partial charge in [0.15, 0.2) is 5.76 Å². The summed E-state index contributed by atoms with van der Waals surface area (Å²) in [6, 6.07) is 2.61. The third kappa shape index (κ3) is 0.968. The Morgan fingerprint density at radius 3 is 2.89 bits per heavy atom. The van der Waals surface area contributed by atoms with E-state index in [4.69, 9.17) is 4.74 Å². The second-order valence-electron chi connectivity index (χ2n) is 5.01. The molecule has 92 valence electrons. The van der Waals surface area contributed by atoms with Crippen molar-refractivity contribution in [3.63, 3.8) is 0 Å². The first kappa shape index (κ1) is 10.1. The molecule has 0 saturated carbocycles. The molecule has 0 aromatic carbocycles. The van der Waals surface area contributed by atoms with E-state index in [1.807, 2.05) is 10.6 Å². The fraction of sp³-hybridized carbons (Fsp3) is 0.385. The number of allylic oxidation sites excluding steroid dienone is 2. The Labute approximate surface area is 103 Å². The van der Waals surface area contributed by atoms with E-state index in [1.54, 1.807) is 6.92 Å². The molecule has 5 nitrogen and oxygen atoms in total. The molecule has 2 atom stereocenters. The predicted octanol–water partition coefficient (Wildman–Crippen LogP) is 0.814. The van der Waals surface area contributed by atoms with Gasteiger partial charge >= 0.3 is 0 Å². The number of rotatable bonds is 1. The minimum atomic E-state index is -0.177. The third-order valence-corrected chi connectivity index (χ3v) is 4.06. The zero-order valence-corrected chi connectivity index (χ0v) is 10.1. The molecule has 1 fully saturated rings. The van der Waals surface area contributed by atoms with Crippen molar-refractivity contribution in [2.45, 2.75) is 25.6 Å². The molecule has 0 amide bonds. The highest BCUT2D eigenvalue weighted by atomic mass is 16.5. The summed E-state index contributed by atoms with van der Waals surface area (Å²) in [5.41, 5.74) is 2.49. The van der Waals surface area contributed by atoms with Crippen molar-refractivity contribution < 1.29 is 14.3 Å². The van der Waals surface area contributed by atoms with E-state index in [1.165, 1.54) is 7.11 Å². The Morgan fingerprint density at radius 1 is 1.39 bits per heavy atom. The molecule has 1 aliphatic carbocycles. The summed E-state index contributed by atoms with van der Waals surface area (Å²) < 4.78 is 7.05. The molecule has 2 aliphatic heterocycles. The lowest BCUT2D eigenvalue weighted by Gasteiger charge is -2.17. The van der Waals surface area contributed by atoms with Crippen LogP contribution in [-0.4, -0.2) is 29.3 Å². The summed E-state index contributed by atoms with van der Waals surface area (Å²) in [5.74, 6) is -0.0882. The van der Waals surface area contributed by atoms with Gasteiger partial charge in [-0.2, -0.15) is 0 Å². The summed E-state index contributed by atoms with van der Waals surface area (Å²) in [7, 11) is 1.43. The quantitative estimate of drug-likeness (QED) is 0.742. The smallest absolute Gasteiger partial charge is 0.230 e. The summed E-state index contributed by atoms with van der Waals surface area (Å²) in [6.45, 7) is 2.43. The van der Waals surface area contributed by atoms with E-state index in [-0.39, 0.29) is 17.3 Å². The van der Waals surface area contributed by atoms with Gasteiger partial charge in [-0.15, -0.1) is 0 Å². The van der Waals surface area contributed by atoms with Crippen LogP contribution in [0.2, 0.25) is 0 Å². The number of nitrogens with one attached hydrogen (secondary N) is 1. The lowest BCUT2D eigenvalue weighted by molar-refractivity contribution is 0.0902. The monoisotopic (exact) mass is 244 g/mol. The van der Waals surface area contributed by atoms with Gasteiger partial charge in [0.1, 0.15) is 5.69 Å². The van der Waals surface area contributed by atoms with Crippen LogP contribution in [0, 0.1) is 0 Å². The number of ketones is 2. The highest BCUT2D eigenvalue weighted by Gasteiger charge is 2.49. The van der Waals surface area contributed by atoms with E-state index in [9.17, 15) is 9.59 Å². The first-order valence-corrected chi connectivity index (χ1v) is 5.97. The Bertz CT molecular complexity index is 653. The van der Waals surface area contributed by atoms with Crippen LogP contribution < -0.4 is 5.32 Å². The summed E-state index contributed by atoms with van der Waals surface area (Å²) in [5, 5.41) is 3.31. The van der Waals surface area contributed by atoms with Gasteiger partial charge in [0.2, 0.25) is 11.6 Å². The summed E-state index contributed by atoms with van der Waals surface area (Å²) in [6.07, 6.45) is 0. The molecule has 0 radical (unpaired) electrons. The topological polar surface area (TPSA) is 70.2 Å². The number of aromatic nitrogens is 1. The molecule has 3 aliphatic rings. The highest BCUT2D eigenvalue weighted by Crippen LogP contribution is 2.42. The Hall–Kier alpha value is -1.88. The number of carbonyl (C=O) groups is 2. The number of nitrogens with zero attached hydrogens (tertiary/aromatic N) is 1. The van der Waals surface area contributed by atoms with Gasteiger partial charge < -0.3 is 14.6 Å². The average molecular weight is 244 g/mol. The fourth-order valence-corrected chi connectivity index (χ4v) is 3.08. The molecule has 5 heteroatoms. The number of hydrogen-bond donors (Lipinski definition) is 1. The van der Waals surface area contributed by atoms with Crippen LogP contribution in [0.3, 0.4) is 0 Å². The molecule has 4 rings (SSSR count). The van der Waals surface area contributed by atoms with Gasteiger partial charge in [-0.1, -0.05) is 0 Å². The van der Waals surface area contributed by atoms with Crippen LogP contribution >= 0.6 is 0 Å². The number of hydrogen-bond acceptors (Lipinski definition) is 4. The number of carbonyl (C=O) groups excluding carboxylic acids is 2. The van der Waals surface area contributed by atoms with E-state index in [2.05, 4.69) is 5.32 Å². The first-order chi connectivity index (χ1) is 8.63. The zero-order valence-electron chi connectivity index (χ0n) is 10.1. The van der Waals surface area contributed by atoms with Crippen molar-refractivity contribution in [2.24, 2.45) is 0 Å². The second kappa shape index (κ2) is 2.92. The molecular weight excluding hydrogens is 232 g/mol. The maximum Gasteiger partial charge on any atom is 0.230 e. The van der Waals surface area contributed by atoms with Gasteiger partial charge in [0.05, 0.1) is 18.7 Å². The van der Waals surface area contributed by atoms with Crippen LogP contribution in [0.4, 0.5) is 0 Å². The molecule has 18 heavy (non-hydrogen) atoms. The van der Waals surface area contributed by atoms with Crippen LogP contribution in [-0.2, 0) is 11.3 Å². The molecule has 0 bridgehead atoms. The second-order valence-corrected chi connectivity index (χ2v) is 5.01. The van der Waals surface area contributed by atoms with Gasteiger partial charge in [0, 0.05) is 23.9 Å². The predicted molar refractivity (Wildman–Crippen MR) is 62.5 cm³/mol. The van der Waals surface area contributed by atoms with Crippen LogP contribution in [0.1, 0.15) is 39.5 Å². The maximum absolute atomic E-state index is 12.3. The summed E-state index contributed by atoms with van der Waals surface area (Å²) >= 11 is 0. The number of ether oxygens (including phenoxy) is 1. The Morgan fingerprint density at radius 2 is 2.17 bits per heavy atom. The molecule has 3 heterocycles. The van der Waals surface area contributed by atoms with E-state index >= 15 is 0 Å². The molecule has 1 N–H and O–H groups in total. The molecule has 2 unspecified atom stereocenters. The lowest BCUT2D eigenvalue weighted by Crippen LogP contribution is -2.24. The lowest BCUT2D eigenvalue weighted by atomic mass is 9.94. The van der Waals surface area contributed by atoms with Crippen molar-refractivity contribution in [3.05, 3.63) is 34.3 Å². The molecule has 1 aromatic rings. The number of fused-ring (bicyclic) bond motifs is 5. The van der Waals surface area contributed by atoms with Gasteiger partial charge in [-0.3, -0.25) is 9.59 Å². The molecular formula is C13H12N2O3. The molecule has 1 saturated heterocycles. The fourth-order valence-electron chi connectivity index (χ4n) is 3.08. The number of methoxy groups -OCH3 is 1. The average Bonchev–Trinajstić information content (AvgIpc) is 2.87. The first-order valence-electron chi connectivity index (χ1n) is 5.97. The Kier molecular flexibility index (Phi) is 1.64. The SMILES string of the molecule is COC1=C(C)C(=O)c2c(cc3n2CC2NC32)C1=O. The number of Topliss-reactive ketones (excluding diaryl/α,β-unsaturated/α-hetero) is 2. The van der Waals surface area contributed by atoms with Crippen molar-refractivity contribution in [1.82, 2.24) is 9.88 Å². The van der Waals surface area contributed by atoms with E-state index < -0.39 is 0 Å². The van der Waals surface area contributed by atoms with E-state index in [0.717, 1.165) is 12.2 Å². The van der Waals surface area contributed by atoms with Crippen LogP contribution in [0.25, 0.3) is 0 Å². The van der Waals surface area contributed by atoms with E-state index in [0.29, 0.717) is 28.9 Å². The molecule has 1 aromatic heterocycles. The van der Waals surface area contributed by atoms with Gasteiger partial charge in [-0.25, -0.2) is 0 Å². The largest absolute Gasteiger partial charge is 0.492 e. The maximum atomic E-state index is 12.3. The zero-order chi connectivity index (χ0) is 12.6. The van der Waals surface area contributed by atoms with Gasteiger partial charge in [-0.05, 0) is 13.0 Å². The van der Waals surface area contributed by atoms with Crippen LogP contribution in [0.5, 0.6) is 0 Å². The van der Waals surface area contributed by atoms with Crippen LogP contribution in [0.15, 0.2) is 17.4 Å². The van der Waals surface area contributed by atoms with Gasteiger partial charge in [0.25, 0.3) is 0 Å². The standard InChI is InChI=1S/C13H12N2O3/c1-5-11(16)10-6(12(17)13(5)18-2)3-8-9-7(14-9)4-15(8)10/h3,7,9,14H,4H2,1-2H3. The highest BCUT2D eigenvalue weighted by molar-refractivity contribution is 6.25. The Balaban J connectivity index is 1.95. The summed E-state index contributed by atoms with van der Waals surface area (Å²) in [4.78, 5) is 24.6. The van der Waals surface area contributed by atoms with Crippen molar-refractivity contribution in [1.29, 1.82) is 0 Å². The molecule has 0 spiro atoms. The van der Waals surface area contributed by atoms with Crippen molar-refractivity contribution in [2.75, 3.05) is 7.11 Å². The van der Waals surface area contributed by atoms with Crippen molar-refractivity contribution in [3.8, 4) is 0 Å².